The molecule has 4 atom stereocenters. The van der Waals surface area contributed by atoms with Crippen molar-refractivity contribution in [1.29, 1.82) is 0 Å². The number of hydrogen-bond acceptors (Lipinski definition) is 13. The van der Waals surface area contributed by atoms with Gasteiger partial charge < -0.3 is 29.4 Å². The maximum atomic E-state index is 12.0. The van der Waals surface area contributed by atoms with E-state index in [-0.39, 0.29) is 23.6 Å². The van der Waals surface area contributed by atoms with E-state index in [9.17, 15) is 19.2 Å². The number of imidazole rings is 1. The van der Waals surface area contributed by atoms with Gasteiger partial charge in [-0.2, -0.15) is 0 Å². The lowest BCUT2D eigenvalue weighted by molar-refractivity contribution is -0.200. The Kier molecular flexibility index (Phi) is 6.76. The molecule has 0 spiro atoms. The predicted octanol–water partition coefficient (Wildman–Crippen LogP) is -0.550. The summed E-state index contributed by atoms with van der Waals surface area (Å²) in [5.74, 6) is -2.66. The van der Waals surface area contributed by atoms with Crippen molar-refractivity contribution in [2.45, 2.75) is 51.7 Å². The van der Waals surface area contributed by atoms with Crippen LogP contribution in [0.5, 0.6) is 0 Å². The minimum atomic E-state index is -1.81. The Bertz CT molecular complexity index is 1090. The lowest BCUT2D eigenvalue weighted by Gasteiger charge is -2.34. The fourth-order valence-corrected chi connectivity index (χ4v) is 3.56. The van der Waals surface area contributed by atoms with Crippen LogP contribution in [0.4, 0.5) is 5.82 Å². The van der Waals surface area contributed by atoms with Gasteiger partial charge in [0.2, 0.25) is 5.72 Å². The first-order chi connectivity index (χ1) is 15.5. The molecule has 2 aromatic rings. The first-order valence-electron chi connectivity index (χ1n) is 9.78. The van der Waals surface area contributed by atoms with Gasteiger partial charge in [-0.25, -0.2) is 15.0 Å². The largest absolute Gasteiger partial charge is 0.463 e. The monoisotopic (exact) mass is 465 g/mol. The zero-order valence-corrected chi connectivity index (χ0v) is 18.3. The van der Waals surface area contributed by atoms with Gasteiger partial charge in [0.25, 0.3) is 0 Å². The van der Waals surface area contributed by atoms with Crippen molar-refractivity contribution >= 4 is 40.9 Å². The van der Waals surface area contributed by atoms with E-state index in [0.29, 0.717) is 0 Å². The molecule has 3 rings (SSSR count). The van der Waals surface area contributed by atoms with E-state index in [1.165, 1.54) is 31.1 Å². The average molecular weight is 465 g/mol. The van der Waals surface area contributed by atoms with Crippen LogP contribution in [0.3, 0.4) is 0 Å². The summed E-state index contributed by atoms with van der Waals surface area (Å²) in [6.45, 7) is 3.82. The zero-order valence-electron chi connectivity index (χ0n) is 18.3. The highest BCUT2D eigenvalue weighted by molar-refractivity contribution is 5.81. The maximum Gasteiger partial charge on any atom is 0.303 e. The summed E-state index contributed by atoms with van der Waals surface area (Å²) in [6, 6.07) is 0. The number of rotatable bonds is 7. The molecule has 2 N–H and O–H groups in total. The van der Waals surface area contributed by atoms with Crippen molar-refractivity contribution < 1.29 is 42.9 Å². The molecular weight excluding hydrogens is 442 g/mol. The summed E-state index contributed by atoms with van der Waals surface area (Å²) in [4.78, 5) is 59.3. The fraction of sp³-hybridized carbons (Fsp3) is 0.526. The molecule has 0 saturated carbocycles. The van der Waals surface area contributed by atoms with Gasteiger partial charge in [-0.05, 0) is 0 Å². The van der Waals surface area contributed by atoms with Crippen LogP contribution in [0.2, 0.25) is 0 Å². The number of aromatic nitrogens is 4. The molecule has 0 aliphatic carbocycles. The Balaban J connectivity index is 2.21. The third kappa shape index (κ3) is 4.84. The van der Waals surface area contributed by atoms with Gasteiger partial charge in [0, 0.05) is 27.7 Å². The van der Waals surface area contributed by atoms with E-state index in [4.69, 9.17) is 29.4 Å². The number of nitrogen functional groups attached to an aromatic ring is 1. The smallest absolute Gasteiger partial charge is 0.303 e. The van der Waals surface area contributed by atoms with Gasteiger partial charge in [0.1, 0.15) is 31.2 Å². The van der Waals surface area contributed by atoms with Crippen molar-refractivity contribution in [3.8, 4) is 0 Å². The number of ether oxygens (including phenoxy) is 5. The Labute approximate surface area is 187 Å². The van der Waals surface area contributed by atoms with Gasteiger partial charge in [-0.1, -0.05) is 0 Å². The molecule has 0 amide bonds. The minimum absolute atomic E-state index is 0.0661. The van der Waals surface area contributed by atoms with Crippen LogP contribution in [0.1, 0.15) is 27.7 Å². The second-order valence-electron chi connectivity index (χ2n) is 7.23. The van der Waals surface area contributed by atoms with Crippen LogP contribution < -0.4 is 5.73 Å². The van der Waals surface area contributed by atoms with Crippen LogP contribution in [-0.4, -0.2) is 74.9 Å². The second kappa shape index (κ2) is 9.36. The molecule has 3 heterocycles. The molecule has 0 radical (unpaired) electrons. The number of anilines is 1. The van der Waals surface area contributed by atoms with E-state index in [1.54, 1.807) is 0 Å². The highest BCUT2D eigenvalue weighted by Gasteiger charge is 2.62. The third-order valence-corrected chi connectivity index (χ3v) is 4.76. The average Bonchev–Trinajstić information content (AvgIpc) is 3.26. The molecule has 1 fully saturated rings. The topological polar surface area (TPSA) is 184 Å². The molecule has 0 aromatic carbocycles. The Morgan fingerprint density at radius 1 is 1.00 bits per heavy atom. The molecule has 14 heteroatoms. The summed E-state index contributed by atoms with van der Waals surface area (Å²) in [5, 5.41) is 0. The third-order valence-electron chi connectivity index (χ3n) is 4.76. The van der Waals surface area contributed by atoms with Gasteiger partial charge >= 0.3 is 23.9 Å². The molecule has 0 bridgehead atoms. The van der Waals surface area contributed by atoms with Gasteiger partial charge in [0.15, 0.2) is 23.7 Å². The van der Waals surface area contributed by atoms with E-state index in [2.05, 4.69) is 15.0 Å². The molecule has 178 valence electrons. The highest BCUT2D eigenvalue weighted by Crippen LogP contribution is 2.41. The van der Waals surface area contributed by atoms with Crippen molar-refractivity contribution in [2.75, 3.05) is 18.9 Å². The molecule has 14 nitrogen and oxygen atoms in total. The Hall–Kier alpha value is -3.81. The van der Waals surface area contributed by atoms with Gasteiger partial charge in [0.05, 0.1) is 6.33 Å². The van der Waals surface area contributed by atoms with Crippen molar-refractivity contribution in [3.63, 3.8) is 0 Å². The Morgan fingerprint density at radius 2 is 1.67 bits per heavy atom. The van der Waals surface area contributed by atoms with E-state index >= 15 is 0 Å². The van der Waals surface area contributed by atoms with Crippen LogP contribution in [0.25, 0.3) is 11.2 Å². The van der Waals surface area contributed by atoms with Crippen LogP contribution in [0.15, 0.2) is 12.7 Å². The molecular formula is C19H23N5O9. The molecule has 2 aromatic heterocycles. The lowest BCUT2D eigenvalue weighted by atomic mass is 10.0. The number of hydrogen-bond donors (Lipinski definition) is 1. The number of esters is 4. The van der Waals surface area contributed by atoms with E-state index < -0.39 is 54.5 Å². The van der Waals surface area contributed by atoms with Crippen LogP contribution >= 0.6 is 0 Å². The van der Waals surface area contributed by atoms with Crippen molar-refractivity contribution in [3.05, 3.63) is 12.7 Å². The SMILES string of the molecule is CC(=O)OC[C@H]1O[C@](COC(C)=O)(n2cnc3c(N)ncnc32)[C@@H](OC(C)=O)[C@H]1OC(C)=O. The second-order valence-corrected chi connectivity index (χ2v) is 7.23. The van der Waals surface area contributed by atoms with Gasteiger partial charge in [-0.15, -0.1) is 0 Å². The zero-order chi connectivity index (χ0) is 24.3. The summed E-state index contributed by atoms with van der Waals surface area (Å²) < 4.78 is 28.8. The molecule has 1 saturated heterocycles. The van der Waals surface area contributed by atoms with Crippen molar-refractivity contribution in [2.24, 2.45) is 0 Å². The van der Waals surface area contributed by atoms with E-state index in [1.807, 2.05) is 0 Å². The maximum absolute atomic E-state index is 12.0. The molecule has 1 aliphatic heterocycles. The normalized spacial score (nSPS) is 24.3. The lowest BCUT2D eigenvalue weighted by Crippen LogP contribution is -2.52. The summed E-state index contributed by atoms with van der Waals surface area (Å²) in [6.07, 6.45) is -1.22. The quantitative estimate of drug-likeness (QED) is 0.406. The van der Waals surface area contributed by atoms with Crippen LogP contribution in [0, 0.1) is 0 Å². The predicted molar refractivity (Wildman–Crippen MR) is 107 cm³/mol. The number of carbonyl (C=O) groups excluding carboxylic acids is 4. The first-order valence-corrected chi connectivity index (χ1v) is 9.78. The number of nitrogens with zero attached hydrogens (tertiary/aromatic N) is 4. The number of fused-ring (bicyclic) bond motifs is 1. The standard InChI is InChI=1S/C19H23N5O9/c1-9(25)29-5-13-15(31-11(3)27)16(32-12(4)28)19(33-13,6-30-10(2)26)24-8-23-14-17(20)21-7-22-18(14)24/h7-8,13,15-16H,5-6H2,1-4H3,(H2,20,21,22)/t13-,15+,16+,19+/m1/s1. The Morgan fingerprint density at radius 3 is 2.27 bits per heavy atom. The minimum Gasteiger partial charge on any atom is -0.463 e. The fourth-order valence-electron chi connectivity index (χ4n) is 3.56. The first kappa shape index (κ1) is 23.8. The number of carbonyl (C=O) groups is 4. The van der Waals surface area contributed by atoms with Gasteiger partial charge in [-0.3, -0.25) is 23.7 Å². The van der Waals surface area contributed by atoms with E-state index in [0.717, 1.165) is 13.8 Å². The summed E-state index contributed by atoms with van der Waals surface area (Å²) in [7, 11) is 0. The van der Waals surface area contributed by atoms with Crippen LogP contribution in [-0.2, 0) is 48.6 Å². The molecule has 0 unspecified atom stereocenters. The molecule has 33 heavy (non-hydrogen) atoms. The van der Waals surface area contributed by atoms with Crippen molar-refractivity contribution in [1.82, 2.24) is 19.5 Å². The summed E-state index contributed by atoms with van der Waals surface area (Å²) >= 11 is 0. The summed E-state index contributed by atoms with van der Waals surface area (Å²) in [5.41, 5.74) is 4.45. The number of nitrogens with two attached hydrogens (primary N) is 1. The molecule has 1 aliphatic rings. The highest BCUT2D eigenvalue weighted by atomic mass is 16.7.